The molecule has 2 aliphatic heterocycles. The van der Waals surface area contributed by atoms with E-state index in [1.165, 1.54) is 12.8 Å². The number of furan rings is 1. The number of hydrogen-bond acceptors (Lipinski definition) is 5. The number of ether oxygens (including phenoxy) is 2. The lowest BCUT2D eigenvalue weighted by atomic mass is 10.1. The minimum Gasteiger partial charge on any atom is -0.469 e. The van der Waals surface area contributed by atoms with Gasteiger partial charge in [-0.05, 0) is 44.2 Å². The van der Waals surface area contributed by atoms with Crippen LogP contribution in [0, 0.1) is 0 Å². The van der Waals surface area contributed by atoms with Crippen molar-refractivity contribution < 1.29 is 13.9 Å². The van der Waals surface area contributed by atoms with Crippen LogP contribution in [-0.2, 0) is 15.9 Å². The molecule has 0 aliphatic carbocycles. The lowest BCUT2D eigenvalue weighted by Crippen LogP contribution is -2.49. The Balaban J connectivity index is 0.00000300. The van der Waals surface area contributed by atoms with E-state index in [1.807, 2.05) is 12.1 Å². The Kier molecular flexibility index (Phi) is 12.0. The van der Waals surface area contributed by atoms with Crippen LogP contribution in [0.15, 0.2) is 27.8 Å². The van der Waals surface area contributed by atoms with E-state index in [0.29, 0.717) is 6.04 Å². The first-order valence-electron chi connectivity index (χ1n) is 10.7. The van der Waals surface area contributed by atoms with Crippen molar-refractivity contribution in [3.05, 3.63) is 24.2 Å². The van der Waals surface area contributed by atoms with Crippen molar-refractivity contribution in [3.8, 4) is 0 Å². The number of rotatable bonds is 9. The third-order valence-corrected chi connectivity index (χ3v) is 5.51. The molecule has 3 heterocycles. The molecule has 7 nitrogen and oxygen atoms in total. The summed E-state index contributed by atoms with van der Waals surface area (Å²) >= 11 is 0. The largest absolute Gasteiger partial charge is 0.469 e. The van der Waals surface area contributed by atoms with Gasteiger partial charge in [-0.25, -0.2) is 0 Å². The predicted octanol–water partition coefficient (Wildman–Crippen LogP) is 2.66. The molecule has 1 aromatic rings. The van der Waals surface area contributed by atoms with Gasteiger partial charge >= 0.3 is 0 Å². The number of piperidine rings is 1. The first-order valence-corrected chi connectivity index (χ1v) is 10.7. The molecule has 0 bridgehead atoms. The summed E-state index contributed by atoms with van der Waals surface area (Å²) in [5.41, 5.74) is 0. The predicted molar refractivity (Wildman–Crippen MR) is 126 cm³/mol. The van der Waals surface area contributed by atoms with Crippen molar-refractivity contribution >= 4 is 29.9 Å². The van der Waals surface area contributed by atoms with Crippen LogP contribution in [0.3, 0.4) is 0 Å². The minimum absolute atomic E-state index is 0. The highest BCUT2D eigenvalue weighted by Gasteiger charge is 2.20. The molecule has 2 N–H and O–H groups in total. The number of hydrogen-bond donors (Lipinski definition) is 2. The van der Waals surface area contributed by atoms with Crippen LogP contribution in [0.5, 0.6) is 0 Å². The second kappa shape index (κ2) is 14.2. The fourth-order valence-electron chi connectivity index (χ4n) is 3.77. The standard InChI is InChI=1S/C21H36N4O3.HI/c1-26-16-13-25-11-8-18(9-12-25)24-21(22-10-7-19-6-4-15-27-19)23-17-20-5-2-3-14-28-20;/h4,6,15,18,20H,2-3,5,7-14,16-17H2,1H3,(H2,22,23,24);1H. The smallest absolute Gasteiger partial charge is 0.191 e. The third kappa shape index (κ3) is 9.23. The molecule has 166 valence electrons. The van der Waals surface area contributed by atoms with Gasteiger partial charge in [0, 0.05) is 52.4 Å². The Morgan fingerprint density at radius 1 is 1.28 bits per heavy atom. The van der Waals surface area contributed by atoms with Crippen LogP contribution < -0.4 is 10.6 Å². The van der Waals surface area contributed by atoms with Gasteiger partial charge in [0.2, 0.25) is 0 Å². The highest BCUT2D eigenvalue weighted by molar-refractivity contribution is 14.0. The molecule has 29 heavy (non-hydrogen) atoms. The van der Waals surface area contributed by atoms with Crippen LogP contribution in [0.4, 0.5) is 0 Å². The van der Waals surface area contributed by atoms with Crippen LogP contribution >= 0.6 is 24.0 Å². The highest BCUT2D eigenvalue weighted by atomic mass is 127. The maximum absolute atomic E-state index is 5.84. The van der Waals surface area contributed by atoms with Gasteiger partial charge in [-0.2, -0.15) is 0 Å². The summed E-state index contributed by atoms with van der Waals surface area (Å²) in [6.07, 6.45) is 8.62. The van der Waals surface area contributed by atoms with E-state index in [0.717, 1.165) is 83.3 Å². The van der Waals surface area contributed by atoms with Gasteiger partial charge in [0.25, 0.3) is 0 Å². The zero-order valence-corrected chi connectivity index (χ0v) is 19.9. The SMILES string of the molecule is COCCN1CCC(NC(=NCC2CCCCO2)NCCc2ccco2)CC1.I. The van der Waals surface area contributed by atoms with Crippen molar-refractivity contribution in [3.63, 3.8) is 0 Å². The lowest BCUT2D eigenvalue weighted by Gasteiger charge is -2.33. The van der Waals surface area contributed by atoms with E-state index in [2.05, 4.69) is 15.5 Å². The Labute approximate surface area is 192 Å². The molecule has 0 saturated carbocycles. The van der Waals surface area contributed by atoms with Crippen LogP contribution in [0.2, 0.25) is 0 Å². The molecule has 1 aromatic heterocycles. The molecule has 2 fully saturated rings. The lowest BCUT2D eigenvalue weighted by molar-refractivity contribution is 0.0224. The van der Waals surface area contributed by atoms with Gasteiger partial charge < -0.3 is 29.4 Å². The second-order valence-corrected chi connectivity index (χ2v) is 7.69. The monoisotopic (exact) mass is 520 g/mol. The van der Waals surface area contributed by atoms with Crippen LogP contribution in [0.1, 0.15) is 37.9 Å². The number of methoxy groups -OCH3 is 1. The Morgan fingerprint density at radius 2 is 2.14 bits per heavy atom. The normalized spacial score (nSPS) is 21.6. The molecule has 2 aliphatic rings. The molecule has 0 radical (unpaired) electrons. The molecule has 2 saturated heterocycles. The van der Waals surface area contributed by atoms with Crippen molar-refractivity contribution in [1.82, 2.24) is 15.5 Å². The molecule has 0 amide bonds. The number of halogens is 1. The highest BCUT2D eigenvalue weighted by Crippen LogP contribution is 2.13. The van der Waals surface area contributed by atoms with Gasteiger partial charge in [0.15, 0.2) is 5.96 Å². The van der Waals surface area contributed by atoms with Crippen molar-refractivity contribution in [2.45, 2.75) is 50.7 Å². The fraction of sp³-hybridized carbons (Fsp3) is 0.762. The van der Waals surface area contributed by atoms with Gasteiger partial charge in [-0.3, -0.25) is 4.99 Å². The average molecular weight is 520 g/mol. The van der Waals surface area contributed by atoms with Crippen molar-refractivity contribution in [2.24, 2.45) is 4.99 Å². The molecule has 3 rings (SSSR count). The topological polar surface area (TPSA) is 71.3 Å². The molecule has 1 unspecified atom stereocenters. The maximum atomic E-state index is 5.84. The summed E-state index contributed by atoms with van der Waals surface area (Å²) in [6.45, 7) is 6.43. The number of nitrogens with one attached hydrogen (secondary N) is 2. The van der Waals surface area contributed by atoms with Gasteiger partial charge in [0.1, 0.15) is 5.76 Å². The third-order valence-electron chi connectivity index (χ3n) is 5.51. The quantitative estimate of drug-likeness (QED) is 0.297. The summed E-state index contributed by atoms with van der Waals surface area (Å²) in [6, 6.07) is 4.40. The molecule has 0 spiro atoms. The van der Waals surface area contributed by atoms with Crippen LogP contribution in [-0.4, -0.2) is 76.1 Å². The Bertz CT molecular complexity index is 556. The van der Waals surface area contributed by atoms with Gasteiger partial charge in [-0.1, -0.05) is 0 Å². The number of guanidine groups is 1. The average Bonchev–Trinajstić information content (AvgIpc) is 3.25. The first kappa shape index (κ1) is 24.4. The van der Waals surface area contributed by atoms with E-state index in [9.17, 15) is 0 Å². The van der Waals surface area contributed by atoms with E-state index in [4.69, 9.17) is 18.9 Å². The molecule has 0 aromatic carbocycles. The van der Waals surface area contributed by atoms with E-state index in [-0.39, 0.29) is 30.1 Å². The Morgan fingerprint density at radius 3 is 2.83 bits per heavy atom. The zero-order valence-electron chi connectivity index (χ0n) is 17.6. The van der Waals surface area contributed by atoms with Crippen molar-refractivity contribution in [2.75, 3.05) is 53.0 Å². The first-order chi connectivity index (χ1) is 13.8. The van der Waals surface area contributed by atoms with Gasteiger partial charge in [0.05, 0.1) is 25.5 Å². The fourth-order valence-corrected chi connectivity index (χ4v) is 3.77. The summed E-state index contributed by atoms with van der Waals surface area (Å²) in [7, 11) is 1.77. The molecular formula is C21H37IN4O3. The Hall–Kier alpha value is -0.840. The molecule has 1 atom stereocenters. The molecular weight excluding hydrogens is 483 g/mol. The minimum atomic E-state index is 0. The summed E-state index contributed by atoms with van der Waals surface area (Å²) in [5, 5.41) is 7.13. The van der Waals surface area contributed by atoms with E-state index < -0.39 is 0 Å². The maximum Gasteiger partial charge on any atom is 0.191 e. The number of nitrogens with zero attached hydrogens (tertiary/aromatic N) is 2. The number of aliphatic imine (C=N–C) groups is 1. The van der Waals surface area contributed by atoms with Crippen LogP contribution in [0.25, 0.3) is 0 Å². The zero-order chi connectivity index (χ0) is 19.4. The summed E-state index contributed by atoms with van der Waals surface area (Å²) in [5.74, 6) is 1.89. The summed E-state index contributed by atoms with van der Waals surface area (Å²) in [4.78, 5) is 7.31. The van der Waals surface area contributed by atoms with E-state index in [1.54, 1.807) is 13.4 Å². The second-order valence-electron chi connectivity index (χ2n) is 7.69. The number of likely N-dealkylation sites (tertiary alicyclic amines) is 1. The van der Waals surface area contributed by atoms with E-state index >= 15 is 0 Å². The molecule has 8 heteroatoms. The van der Waals surface area contributed by atoms with Gasteiger partial charge in [-0.15, -0.1) is 24.0 Å². The summed E-state index contributed by atoms with van der Waals surface area (Å²) < 4.78 is 16.5. The van der Waals surface area contributed by atoms with Crippen molar-refractivity contribution in [1.29, 1.82) is 0 Å².